The second kappa shape index (κ2) is 9.66. The third-order valence-corrected chi connectivity index (χ3v) is 7.63. The molecule has 1 N–H and O–H groups in total. The molecule has 2 aromatic carbocycles. The molecule has 1 spiro atoms. The minimum absolute atomic E-state index is 0.0583. The Morgan fingerprint density at radius 3 is 2.05 bits per heavy atom. The van der Waals surface area contributed by atoms with E-state index in [1.165, 1.54) is 42.5 Å². The summed E-state index contributed by atoms with van der Waals surface area (Å²) in [6, 6.07) is 11.4. The van der Waals surface area contributed by atoms with Gasteiger partial charge in [-0.25, -0.2) is 0 Å². The lowest BCUT2D eigenvalue weighted by Crippen LogP contribution is -2.60. The van der Waals surface area contributed by atoms with Crippen molar-refractivity contribution in [1.82, 2.24) is 10.2 Å². The van der Waals surface area contributed by atoms with Crippen LogP contribution in [-0.4, -0.2) is 49.6 Å². The molecule has 11 heteroatoms. The molecule has 2 aliphatic heterocycles. The zero-order valence-electron chi connectivity index (χ0n) is 20.0. The van der Waals surface area contributed by atoms with Crippen molar-refractivity contribution < 1.29 is 40.7 Å². The minimum atomic E-state index is -5.04. The number of likely N-dealkylation sites (tertiary alicyclic amines) is 1. The largest absolute Gasteiger partial charge is 0.430 e. The van der Waals surface area contributed by atoms with E-state index in [0.717, 1.165) is 24.1 Å². The number of halogens is 6. The summed E-state index contributed by atoms with van der Waals surface area (Å²) in [5.74, 6) is -1.84. The summed E-state index contributed by atoms with van der Waals surface area (Å²) < 4.78 is 87.1. The van der Waals surface area contributed by atoms with Gasteiger partial charge in [0, 0.05) is 44.6 Å². The van der Waals surface area contributed by atoms with Gasteiger partial charge in [0.15, 0.2) is 0 Å². The van der Waals surface area contributed by atoms with Gasteiger partial charge in [0.1, 0.15) is 0 Å². The molecule has 37 heavy (non-hydrogen) atoms. The molecule has 0 bridgehead atoms. The smallest absolute Gasteiger partial charge is 0.356 e. The average Bonchev–Trinajstić information content (AvgIpc) is 2.85. The number of benzene rings is 2. The van der Waals surface area contributed by atoms with Crippen LogP contribution in [0.2, 0.25) is 0 Å². The van der Waals surface area contributed by atoms with Crippen molar-refractivity contribution in [2.45, 2.75) is 43.1 Å². The number of carbonyl (C=O) groups is 2. The predicted octanol–water partition coefficient (Wildman–Crippen LogP) is 5.02. The van der Waals surface area contributed by atoms with E-state index in [1.54, 1.807) is 0 Å². The summed E-state index contributed by atoms with van der Waals surface area (Å²) in [5, 5.41) is 2.75. The van der Waals surface area contributed by atoms with Crippen LogP contribution >= 0.6 is 0 Å². The van der Waals surface area contributed by atoms with E-state index in [0.29, 0.717) is 5.56 Å². The lowest BCUT2D eigenvalue weighted by molar-refractivity contribution is -0.271. The predicted molar refractivity (Wildman–Crippen MR) is 121 cm³/mol. The van der Waals surface area contributed by atoms with Crippen LogP contribution in [0.5, 0.6) is 0 Å². The first-order valence-corrected chi connectivity index (χ1v) is 11.7. The zero-order chi connectivity index (χ0) is 27.1. The molecule has 0 saturated carbocycles. The summed E-state index contributed by atoms with van der Waals surface area (Å²) in [6.07, 6.45) is -9.04. The van der Waals surface area contributed by atoms with Crippen molar-refractivity contribution >= 4 is 11.8 Å². The summed E-state index contributed by atoms with van der Waals surface area (Å²) in [7, 11) is 0.843. The van der Waals surface area contributed by atoms with Crippen molar-refractivity contribution in [3.8, 4) is 0 Å². The Morgan fingerprint density at radius 1 is 0.946 bits per heavy atom. The molecular formula is C26H26F6N2O3. The molecule has 2 heterocycles. The van der Waals surface area contributed by atoms with E-state index in [1.807, 2.05) is 0 Å². The maximum atomic E-state index is 14.4. The highest BCUT2D eigenvalue weighted by Crippen LogP contribution is 2.50. The summed E-state index contributed by atoms with van der Waals surface area (Å²) in [5.41, 5.74) is -4.43. The average molecular weight is 528 g/mol. The van der Waals surface area contributed by atoms with E-state index in [2.05, 4.69) is 5.32 Å². The first kappa shape index (κ1) is 27.0. The van der Waals surface area contributed by atoms with Gasteiger partial charge in [0.25, 0.3) is 11.5 Å². The van der Waals surface area contributed by atoms with Crippen LogP contribution in [0.25, 0.3) is 0 Å². The molecule has 2 amide bonds. The third-order valence-electron chi connectivity index (χ3n) is 7.63. The fraction of sp³-hybridized carbons (Fsp3) is 0.462. The van der Waals surface area contributed by atoms with Crippen molar-refractivity contribution in [2.75, 3.05) is 26.7 Å². The van der Waals surface area contributed by atoms with Crippen LogP contribution in [0.3, 0.4) is 0 Å². The molecule has 2 aliphatic rings. The van der Waals surface area contributed by atoms with Crippen LogP contribution in [0.4, 0.5) is 26.3 Å². The SMILES string of the molecule is CO[C@@](C(=O)N1CCC2(CC1)CC(=O)NCC2c1ccc(C(F)(F)F)cc1)(c1ccccc1)C(F)(F)F. The second-order valence-electron chi connectivity index (χ2n) is 9.56. The molecular weight excluding hydrogens is 502 g/mol. The summed E-state index contributed by atoms with van der Waals surface area (Å²) in [6.45, 7) is 0.0707. The van der Waals surface area contributed by atoms with Crippen LogP contribution < -0.4 is 5.32 Å². The highest BCUT2D eigenvalue weighted by atomic mass is 19.4. The Labute approximate surface area is 209 Å². The number of methoxy groups -OCH3 is 1. The molecule has 4 rings (SSSR count). The van der Waals surface area contributed by atoms with E-state index >= 15 is 0 Å². The number of hydrogen-bond acceptors (Lipinski definition) is 3. The standard InChI is InChI=1S/C26H26F6N2O3/c1-37-24(26(30,31)32,18-5-3-2-4-6-18)22(36)34-13-11-23(12-14-34)15-21(35)33-16-20(23)17-7-9-19(10-8-17)25(27,28)29/h2-10,20H,11-16H2,1H3,(H,33,35)/t20?,24-/m1/s1. The molecule has 2 atom stereocenters. The molecule has 0 aromatic heterocycles. The van der Waals surface area contributed by atoms with Gasteiger partial charge in [0.05, 0.1) is 5.56 Å². The lowest BCUT2D eigenvalue weighted by atomic mass is 9.62. The van der Waals surface area contributed by atoms with Gasteiger partial charge >= 0.3 is 12.4 Å². The topological polar surface area (TPSA) is 58.6 Å². The first-order chi connectivity index (χ1) is 17.3. The maximum Gasteiger partial charge on any atom is 0.430 e. The van der Waals surface area contributed by atoms with Gasteiger partial charge in [-0.1, -0.05) is 42.5 Å². The van der Waals surface area contributed by atoms with E-state index in [9.17, 15) is 35.9 Å². The summed E-state index contributed by atoms with van der Waals surface area (Å²) >= 11 is 0. The first-order valence-electron chi connectivity index (χ1n) is 11.7. The van der Waals surface area contributed by atoms with Crippen LogP contribution in [0, 0.1) is 5.41 Å². The Hall–Kier alpha value is -3.08. The fourth-order valence-electron chi connectivity index (χ4n) is 5.62. The Morgan fingerprint density at radius 2 is 1.54 bits per heavy atom. The lowest BCUT2D eigenvalue weighted by Gasteiger charge is -2.50. The summed E-state index contributed by atoms with van der Waals surface area (Å²) in [4.78, 5) is 26.8. The highest BCUT2D eigenvalue weighted by molar-refractivity contribution is 5.88. The minimum Gasteiger partial charge on any atom is -0.356 e. The Kier molecular flexibility index (Phi) is 7.04. The fourth-order valence-corrected chi connectivity index (χ4v) is 5.62. The third kappa shape index (κ3) is 4.81. The van der Waals surface area contributed by atoms with Gasteiger partial charge in [-0.15, -0.1) is 0 Å². The van der Waals surface area contributed by atoms with E-state index < -0.39 is 34.8 Å². The Balaban J connectivity index is 1.60. The molecule has 2 saturated heterocycles. The number of nitrogens with zero attached hydrogens (tertiary/aromatic N) is 1. The molecule has 2 aromatic rings. The number of nitrogens with one attached hydrogen (secondary N) is 1. The molecule has 5 nitrogen and oxygen atoms in total. The van der Waals surface area contributed by atoms with E-state index in [-0.39, 0.29) is 56.3 Å². The van der Waals surface area contributed by atoms with Crippen molar-refractivity contribution in [3.63, 3.8) is 0 Å². The van der Waals surface area contributed by atoms with Crippen molar-refractivity contribution in [2.24, 2.45) is 5.41 Å². The number of ether oxygens (including phenoxy) is 1. The van der Waals surface area contributed by atoms with Gasteiger partial charge in [-0.2, -0.15) is 26.3 Å². The normalized spacial score (nSPS) is 21.9. The monoisotopic (exact) mass is 528 g/mol. The van der Waals surface area contributed by atoms with Crippen LogP contribution in [0.15, 0.2) is 54.6 Å². The second-order valence-corrected chi connectivity index (χ2v) is 9.56. The molecule has 1 unspecified atom stereocenters. The van der Waals surface area contributed by atoms with Gasteiger partial charge < -0.3 is 15.0 Å². The van der Waals surface area contributed by atoms with E-state index in [4.69, 9.17) is 4.74 Å². The number of amides is 2. The number of rotatable bonds is 4. The Bertz CT molecular complexity index is 1130. The molecule has 0 aliphatic carbocycles. The van der Waals surface area contributed by atoms with Gasteiger partial charge in [-0.05, 0) is 36.0 Å². The number of hydrogen-bond donors (Lipinski definition) is 1. The molecule has 0 radical (unpaired) electrons. The molecule has 200 valence electrons. The van der Waals surface area contributed by atoms with Crippen LogP contribution in [0.1, 0.15) is 41.9 Å². The quantitative estimate of drug-likeness (QED) is 0.567. The van der Waals surface area contributed by atoms with Crippen molar-refractivity contribution in [1.29, 1.82) is 0 Å². The number of alkyl halides is 6. The van der Waals surface area contributed by atoms with Crippen LogP contribution in [-0.2, 0) is 26.1 Å². The maximum absolute atomic E-state index is 14.4. The molecule has 2 fully saturated rings. The number of piperidine rings is 2. The van der Waals surface area contributed by atoms with Gasteiger partial charge in [-0.3, -0.25) is 9.59 Å². The number of carbonyl (C=O) groups excluding carboxylic acids is 2. The zero-order valence-corrected chi connectivity index (χ0v) is 20.0. The van der Waals surface area contributed by atoms with Gasteiger partial charge in [0.2, 0.25) is 5.91 Å². The highest BCUT2D eigenvalue weighted by Gasteiger charge is 2.64. The van der Waals surface area contributed by atoms with Crippen molar-refractivity contribution in [3.05, 3.63) is 71.3 Å².